The molecule has 110 valence electrons. The maximum absolute atomic E-state index is 3.36. The van der Waals surface area contributed by atoms with Crippen molar-refractivity contribution in [3.8, 4) is 11.4 Å². The van der Waals surface area contributed by atoms with Gasteiger partial charge in [-0.2, -0.15) is 0 Å². The van der Waals surface area contributed by atoms with E-state index in [4.69, 9.17) is 0 Å². The smallest absolute Gasteiger partial charge is 0.286 e. The van der Waals surface area contributed by atoms with E-state index in [1.807, 2.05) is 6.20 Å². The molecular formula is C17H25IN2. The van der Waals surface area contributed by atoms with Crippen LogP contribution >= 0.6 is 0 Å². The summed E-state index contributed by atoms with van der Waals surface area (Å²) >= 11 is 0. The highest BCUT2D eigenvalue weighted by Crippen LogP contribution is 2.15. The molecular weight excluding hydrogens is 359 g/mol. The van der Waals surface area contributed by atoms with E-state index in [1.54, 1.807) is 0 Å². The molecule has 20 heavy (non-hydrogen) atoms. The van der Waals surface area contributed by atoms with E-state index in [0.717, 1.165) is 13.0 Å². The molecule has 1 N–H and O–H groups in total. The Kier molecular flexibility index (Phi) is 7.88. The zero-order valence-electron chi connectivity index (χ0n) is 12.5. The molecule has 0 aliphatic rings. The fourth-order valence-corrected chi connectivity index (χ4v) is 2.41. The fourth-order valence-electron chi connectivity index (χ4n) is 2.41. The first-order chi connectivity index (χ1) is 9.35. The van der Waals surface area contributed by atoms with Crippen molar-refractivity contribution in [3.63, 3.8) is 0 Å². The minimum atomic E-state index is 0. The number of nitrogens with one attached hydrogen (secondary N) is 1. The first-order valence-corrected chi connectivity index (χ1v) is 7.51. The summed E-state index contributed by atoms with van der Waals surface area (Å²) < 4.78 is 2.33. The van der Waals surface area contributed by atoms with Gasteiger partial charge in [0.05, 0.1) is 12.1 Å². The van der Waals surface area contributed by atoms with E-state index in [-0.39, 0.29) is 24.0 Å². The molecule has 0 radical (unpaired) electrons. The average molecular weight is 384 g/mol. The highest BCUT2D eigenvalue weighted by molar-refractivity contribution is 5.52. The molecule has 0 saturated heterocycles. The molecule has 2 nitrogen and oxygen atoms in total. The van der Waals surface area contributed by atoms with E-state index in [0.29, 0.717) is 0 Å². The van der Waals surface area contributed by atoms with Crippen LogP contribution in [0.1, 0.15) is 45.1 Å². The number of unbranched alkanes of at least 4 members (excludes halogenated alkanes) is 3. The summed E-state index contributed by atoms with van der Waals surface area (Å²) in [5.41, 5.74) is 2.67. The van der Waals surface area contributed by atoms with Crippen LogP contribution in [0.15, 0.2) is 36.7 Å². The van der Waals surface area contributed by atoms with Crippen LogP contribution in [-0.4, -0.2) is 4.98 Å². The molecule has 1 aromatic heterocycles. The largest absolute Gasteiger partial charge is 1.00 e. The van der Waals surface area contributed by atoms with Crippen molar-refractivity contribution in [3.05, 3.63) is 42.2 Å². The van der Waals surface area contributed by atoms with E-state index in [2.05, 4.69) is 53.9 Å². The molecule has 2 aromatic rings. The lowest BCUT2D eigenvalue weighted by Crippen LogP contribution is -3.00. The van der Waals surface area contributed by atoms with Crippen molar-refractivity contribution in [2.24, 2.45) is 0 Å². The highest BCUT2D eigenvalue weighted by atomic mass is 127. The standard InChI is InChI=1S/C17H24N2.HI/c1-3-5-6-7-13-19-14-12-18-17(19)16-10-8-15(4-2)9-11-16;/h8-12,14H,3-7,13H2,1-2H3;1H. The highest BCUT2D eigenvalue weighted by Gasteiger charge is 2.12. The molecule has 0 fully saturated rings. The Hall–Kier alpha value is -0.840. The Morgan fingerprint density at radius 2 is 1.75 bits per heavy atom. The molecule has 0 amide bonds. The Bertz CT molecular complexity index is 488. The van der Waals surface area contributed by atoms with Crippen molar-refractivity contribution in [2.75, 3.05) is 0 Å². The van der Waals surface area contributed by atoms with Crippen LogP contribution < -0.4 is 28.5 Å². The third-order valence-corrected chi connectivity index (χ3v) is 3.65. The molecule has 0 spiro atoms. The molecule has 3 heteroatoms. The number of aromatic amines is 1. The predicted molar refractivity (Wildman–Crippen MR) is 79.9 cm³/mol. The molecule has 0 aliphatic carbocycles. The van der Waals surface area contributed by atoms with Gasteiger partial charge < -0.3 is 24.0 Å². The van der Waals surface area contributed by atoms with Gasteiger partial charge in [0.25, 0.3) is 5.82 Å². The van der Waals surface area contributed by atoms with Crippen molar-refractivity contribution in [2.45, 2.75) is 52.5 Å². The lowest BCUT2D eigenvalue weighted by Gasteiger charge is -2.02. The number of hydrogen-bond acceptors (Lipinski definition) is 0. The number of aromatic nitrogens is 2. The van der Waals surface area contributed by atoms with Crippen LogP contribution in [0.2, 0.25) is 0 Å². The van der Waals surface area contributed by atoms with Gasteiger partial charge in [-0.15, -0.1) is 0 Å². The summed E-state index contributed by atoms with van der Waals surface area (Å²) in [5, 5.41) is 0. The number of rotatable bonds is 7. The Morgan fingerprint density at radius 3 is 2.40 bits per heavy atom. The number of aryl methyl sites for hydroxylation is 2. The van der Waals surface area contributed by atoms with Gasteiger partial charge in [0.15, 0.2) is 0 Å². The van der Waals surface area contributed by atoms with E-state index in [1.165, 1.54) is 42.6 Å². The van der Waals surface area contributed by atoms with E-state index >= 15 is 0 Å². The summed E-state index contributed by atoms with van der Waals surface area (Å²) in [4.78, 5) is 3.36. The second kappa shape index (κ2) is 9.16. The topological polar surface area (TPSA) is 19.7 Å². The van der Waals surface area contributed by atoms with Gasteiger partial charge in [0, 0.05) is 0 Å². The first-order valence-electron chi connectivity index (χ1n) is 7.51. The van der Waals surface area contributed by atoms with Gasteiger partial charge in [-0.05, 0) is 37.0 Å². The maximum atomic E-state index is 3.36. The van der Waals surface area contributed by atoms with Crippen molar-refractivity contribution >= 4 is 0 Å². The van der Waals surface area contributed by atoms with Crippen LogP contribution in [0.5, 0.6) is 0 Å². The zero-order valence-corrected chi connectivity index (χ0v) is 14.7. The summed E-state index contributed by atoms with van der Waals surface area (Å²) in [6.07, 6.45) is 10.5. The molecule has 2 rings (SSSR count). The SMILES string of the molecule is CCCCCC[n+]1cc[nH]c1-c1ccc(CC)cc1.[I-]. The van der Waals surface area contributed by atoms with Gasteiger partial charge in [0.1, 0.15) is 12.4 Å². The maximum Gasteiger partial charge on any atom is 0.286 e. The van der Waals surface area contributed by atoms with Crippen LogP contribution in [0, 0.1) is 0 Å². The Balaban J connectivity index is 0.00000200. The van der Waals surface area contributed by atoms with Crippen LogP contribution in [0.3, 0.4) is 0 Å². The molecule has 1 aromatic carbocycles. The summed E-state index contributed by atoms with van der Waals surface area (Å²) in [6.45, 7) is 5.55. The predicted octanol–water partition coefficient (Wildman–Crippen LogP) is 1.12. The monoisotopic (exact) mass is 384 g/mol. The number of benzene rings is 1. The number of halogens is 1. The molecule has 0 atom stereocenters. The lowest BCUT2D eigenvalue weighted by molar-refractivity contribution is -0.685. The van der Waals surface area contributed by atoms with Crippen LogP contribution in [0.25, 0.3) is 11.4 Å². The number of H-pyrrole nitrogens is 1. The molecule has 0 aliphatic heterocycles. The summed E-state index contributed by atoms with van der Waals surface area (Å²) in [5.74, 6) is 1.22. The Labute approximate surface area is 139 Å². The normalized spacial score (nSPS) is 10.3. The minimum absolute atomic E-state index is 0. The van der Waals surface area contributed by atoms with Crippen molar-refractivity contribution in [1.29, 1.82) is 0 Å². The minimum Gasteiger partial charge on any atom is -1.00 e. The van der Waals surface area contributed by atoms with E-state index < -0.39 is 0 Å². The van der Waals surface area contributed by atoms with Gasteiger partial charge in [-0.1, -0.05) is 38.8 Å². The third-order valence-electron chi connectivity index (χ3n) is 3.65. The zero-order chi connectivity index (χ0) is 13.5. The number of nitrogens with zero attached hydrogens (tertiary/aromatic N) is 1. The van der Waals surface area contributed by atoms with E-state index in [9.17, 15) is 0 Å². The summed E-state index contributed by atoms with van der Waals surface area (Å²) in [7, 11) is 0. The molecule has 1 heterocycles. The second-order valence-electron chi connectivity index (χ2n) is 5.11. The quantitative estimate of drug-likeness (QED) is 0.420. The number of hydrogen-bond donors (Lipinski definition) is 1. The van der Waals surface area contributed by atoms with Gasteiger partial charge in [0.2, 0.25) is 0 Å². The molecule has 0 unspecified atom stereocenters. The first kappa shape index (κ1) is 17.2. The van der Waals surface area contributed by atoms with Gasteiger partial charge in [-0.3, -0.25) is 0 Å². The van der Waals surface area contributed by atoms with Crippen LogP contribution in [0.4, 0.5) is 0 Å². The third kappa shape index (κ3) is 4.62. The summed E-state index contributed by atoms with van der Waals surface area (Å²) in [6, 6.07) is 8.87. The van der Waals surface area contributed by atoms with Crippen molar-refractivity contribution < 1.29 is 28.5 Å². The van der Waals surface area contributed by atoms with Gasteiger partial charge in [-0.25, -0.2) is 9.55 Å². The van der Waals surface area contributed by atoms with Gasteiger partial charge >= 0.3 is 0 Å². The lowest BCUT2D eigenvalue weighted by atomic mass is 10.1. The fraction of sp³-hybridized carbons (Fsp3) is 0.471. The molecule has 0 saturated carbocycles. The second-order valence-corrected chi connectivity index (χ2v) is 5.11. The van der Waals surface area contributed by atoms with Crippen LogP contribution in [-0.2, 0) is 13.0 Å². The average Bonchev–Trinajstić information content (AvgIpc) is 2.92. The molecule has 0 bridgehead atoms. The Morgan fingerprint density at radius 1 is 1.00 bits per heavy atom. The number of imidazole rings is 1. The van der Waals surface area contributed by atoms with Crippen molar-refractivity contribution in [1.82, 2.24) is 4.98 Å².